The molecule has 84 valence electrons. The maximum Gasteiger partial charge on any atom is 0.225 e. The van der Waals surface area contributed by atoms with Gasteiger partial charge >= 0.3 is 0 Å². The molecule has 0 amide bonds. The highest BCUT2D eigenvalue weighted by Crippen LogP contribution is 2.10. The number of aryl methyl sites for hydroxylation is 1. The Morgan fingerprint density at radius 3 is 2.44 bits per heavy atom. The Balaban J connectivity index is 1.94. The van der Waals surface area contributed by atoms with E-state index in [0.29, 0.717) is 6.54 Å². The van der Waals surface area contributed by atoms with E-state index in [0.717, 1.165) is 37.7 Å². The minimum absolute atomic E-state index is 0.516. The van der Waals surface area contributed by atoms with Crippen LogP contribution >= 0.6 is 0 Å². The van der Waals surface area contributed by atoms with E-state index in [-0.39, 0.29) is 0 Å². The molecule has 0 atom stereocenters. The molecule has 0 bridgehead atoms. The van der Waals surface area contributed by atoms with Crippen LogP contribution in [-0.2, 0) is 0 Å². The fraction of sp³-hybridized carbons (Fsp3) is 0.545. The predicted molar refractivity (Wildman–Crippen MR) is 61.0 cm³/mol. The normalized spacial score (nSPS) is 17.1. The summed E-state index contributed by atoms with van der Waals surface area (Å²) < 4.78 is 0. The molecule has 1 saturated heterocycles. The highest BCUT2D eigenvalue weighted by molar-refractivity contribution is 5.30. The zero-order valence-electron chi connectivity index (χ0n) is 9.43. The Bertz CT molecular complexity index is 372. The van der Waals surface area contributed by atoms with Crippen LogP contribution in [0.15, 0.2) is 12.4 Å². The third-order valence-electron chi connectivity index (χ3n) is 2.72. The van der Waals surface area contributed by atoms with E-state index >= 15 is 0 Å². The summed E-state index contributed by atoms with van der Waals surface area (Å²) in [6.45, 7) is 6.10. The van der Waals surface area contributed by atoms with Gasteiger partial charge in [0.15, 0.2) is 0 Å². The average molecular weight is 217 g/mol. The van der Waals surface area contributed by atoms with Gasteiger partial charge in [-0.3, -0.25) is 4.90 Å². The number of aromatic nitrogens is 2. The molecule has 2 rings (SSSR count). The molecule has 0 spiro atoms. The molecule has 5 nitrogen and oxygen atoms in total. The van der Waals surface area contributed by atoms with Crippen LogP contribution in [-0.4, -0.2) is 47.6 Å². The van der Waals surface area contributed by atoms with E-state index in [1.807, 2.05) is 19.3 Å². The first-order valence-electron chi connectivity index (χ1n) is 5.42. The number of rotatable bonds is 2. The van der Waals surface area contributed by atoms with Crippen molar-refractivity contribution in [3.63, 3.8) is 0 Å². The van der Waals surface area contributed by atoms with E-state index in [4.69, 9.17) is 5.26 Å². The van der Waals surface area contributed by atoms with Crippen molar-refractivity contribution in [2.24, 2.45) is 0 Å². The Hall–Kier alpha value is -1.67. The number of nitrogens with zero attached hydrogens (tertiary/aromatic N) is 5. The molecule has 1 fully saturated rings. The molecule has 1 aromatic rings. The summed E-state index contributed by atoms with van der Waals surface area (Å²) in [6.07, 6.45) is 3.67. The van der Waals surface area contributed by atoms with Crippen molar-refractivity contribution in [1.29, 1.82) is 5.26 Å². The lowest BCUT2D eigenvalue weighted by Crippen LogP contribution is -2.47. The van der Waals surface area contributed by atoms with Gasteiger partial charge in [-0.15, -0.1) is 0 Å². The molecular formula is C11H15N5. The maximum atomic E-state index is 8.60. The van der Waals surface area contributed by atoms with Crippen molar-refractivity contribution in [3.8, 4) is 6.07 Å². The highest BCUT2D eigenvalue weighted by Gasteiger charge is 2.17. The molecule has 0 saturated carbocycles. The lowest BCUT2D eigenvalue weighted by atomic mass is 10.3. The van der Waals surface area contributed by atoms with E-state index < -0.39 is 0 Å². The molecule has 1 aliphatic rings. The molecule has 5 heteroatoms. The highest BCUT2D eigenvalue weighted by atomic mass is 15.3. The molecule has 0 N–H and O–H groups in total. The van der Waals surface area contributed by atoms with Crippen LogP contribution in [0.4, 0.5) is 5.95 Å². The molecule has 0 aromatic carbocycles. The van der Waals surface area contributed by atoms with Gasteiger partial charge in [-0.05, 0) is 12.5 Å². The van der Waals surface area contributed by atoms with E-state index in [1.165, 1.54) is 0 Å². The summed E-state index contributed by atoms with van der Waals surface area (Å²) in [5, 5.41) is 8.60. The van der Waals surface area contributed by atoms with Crippen molar-refractivity contribution in [3.05, 3.63) is 18.0 Å². The Kier molecular flexibility index (Phi) is 3.32. The summed E-state index contributed by atoms with van der Waals surface area (Å²) in [4.78, 5) is 12.9. The van der Waals surface area contributed by atoms with Crippen molar-refractivity contribution < 1.29 is 0 Å². The van der Waals surface area contributed by atoms with Gasteiger partial charge in [0.1, 0.15) is 0 Å². The minimum atomic E-state index is 0.516. The summed E-state index contributed by atoms with van der Waals surface area (Å²) in [6, 6.07) is 2.18. The number of nitriles is 1. The van der Waals surface area contributed by atoms with Crippen LogP contribution in [0.1, 0.15) is 5.56 Å². The molecule has 2 heterocycles. The topological polar surface area (TPSA) is 56.1 Å². The summed E-state index contributed by atoms with van der Waals surface area (Å²) in [5.41, 5.74) is 1.08. The van der Waals surface area contributed by atoms with Gasteiger partial charge in [-0.25, -0.2) is 9.97 Å². The number of hydrogen-bond acceptors (Lipinski definition) is 5. The van der Waals surface area contributed by atoms with Gasteiger partial charge in [0.05, 0.1) is 12.6 Å². The lowest BCUT2D eigenvalue weighted by Gasteiger charge is -2.33. The summed E-state index contributed by atoms with van der Waals surface area (Å²) in [7, 11) is 0. The number of hydrogen-bond donors (Lipinski definition) is 0. The zero-order valence-corrected chi connectivity index (χ0v) is 9.43. The molecular weight excluding hydrogens is 202 g/mol. The quantitative estimate of drug-likeness (QED) is 0.672. The molecule has 0 aliphatic carbocycles. The van der Waals surface area contributed by atoms with Crippen LogP contribution in [0.2, 0.25) is 0 Å². The third-order valence-corrected chi connectivity index (χ3v) is 2.72. The monoisotopic (exact) mass is 217 g/mol. The van der Waals surface area contributed by atoms with Gasteiger partial charge in [-0.2, -0.15) is 5.26 Å². The van der Waals surface area contributed by atoms with E-state index in [9.17, 15) is 0 Å². The van der Waals surface area contributed by atoms with Crippen LogP contribution < -0.4 is 4.90 Å². The van der Waals surface area contributed by atoms with Crippen LogP contribution in [0.3, 0.4) is 0 Å². The SMILES string of the molecule is Cc1cnc(N2CCN(CC#N)CC2)nc1. The maximum absolute atomic E-state index is 8.60. The lowest BCUT2D eigenvalue weighted by molar-refractivity contribution is 0.285. The molecule has 16 heavy (non-hydrogen) atoms. The van der Waals surface area contributed by atoms with Crippen molar-refractivity contribution >= 4 is 5.95 Å². The second-order valence-electron chi connectivity index (χ2n) is 3.98. The predicted octanol–water partition coefficient (Wildman–Crippen LogP) is 0.431. The van der Waals surface area contributed by atoms with Crippen LogP contribution in [0.25, 0.3) is 0 Å². The van der Waals surface area contributed by atoms with Gasteiger partial charge in [0.25, 0.3) is 0 Å². The van der Waals surface area contributed by atoms with Gasteiger partial charge in [0.2, 0.25) is 5.95 Å². The standard InChI is InChI=1S/C11H15N5/c1-10-8-13-11(14-9-10)16-6-4-15(3-2-12)5-7-16/h8-9H,3-7H2,1H3. The number of piperazine rings is 1. The number of anilines is 1. The van der Waals surface area contributed by atoms with E-state index in [1.54, 1.807) is 0 Å². The average Bonchev–Trinajstić information content (AvgIpc) is 2.32. The fourth-order valence-corrected chi connectivity index (χ4v) is 1.76. The third kappa shape index (κ3) is 2.47. The molecule has 1 aliphatic heterocycles. The Labute approximate surface area is 95.3 Å². The van der Waals surface area contributed by atoms with Gasteiger partial charge < -0.3 is 4.90 Å². The zero-order chi connectivity index (χ0) is 11.4. The van der Waals surface area contributed by atoms with Gasteiger partial charge in [0, 0.05) is 38.6 Å². The van der Waals surface area contributed by atoms with E-state index in [2.05, 4.69) is 25.8 Å². The molecule has 0 radical (unpaired) electrons. The fourth-order valence-electron chi connectivity index (χ4n) is 1.76. The largest absolute Gasteiger partial charge is 0.338 e. The van der Waals surface area contributed by atoms with Crippen LogP contribution in [0, 0.1) is 18.3 Å². The summed E-state index contributed by atoms with van der Waals surface area (Å²) in [5.74, 6) is 0.794. The Morgan fingerprint density at radius 1 is 1.25 bits per heavy atom. The second kappa shape index (κ2) is 4.90. The Morgan fingerprint density at radius 2 is 1.88 bits per heavy atom. The van der Waals surface area contributed by atoms with Crippen molar-refractivity contribution in [2.75, 3.05) is 37.6 Å². The molecule has 0 unspecified atom stereocenters. The van der Waals surface area contributed by atoms with Crippen molar-refractivity contribution in [2.45, 2.75) is 6.92 Å². The van der Waals surface area contributed by atoms with Gasteiger partial charge in [-0.1, -0.05) is 0 Å². The molecule has 1 aromatic heterocycles. The second-order valence-corrected chi connectivity index (χ2v) is 3.98. The smallest absolute Gasteiger partial charge is 0.225 e. The first kappa shape index (κ1) is 10.8. The minimum Gasteiger partial charge on any atom is -0.338 e. The van der Waals surface area contributed by atoms with Crippen molar-refractivity contribution in [1.82, 2.24) is 14.9 Å². The first-order chi connectivity index (χ1) is 7.79. The van der Waals surface area contributed by atoms with Crippen LogP contribution in [0.5, 0.6) is 0 Å². The first-order valence-corrected chi connectivity index (χ1v) is 5.42. The summed E-state index contributed by atoms with van der Waals surface area (Å²) >= 11 is 0.